The van der Waals surface area contributed by atoms with Crippen molar-refractivity contribution in [3.63, 3.8) is 0 Å². The van der Waals surface area contributed by atoms with Crippen molar-refractivity contribution in [2.45, 2.75) is 18.7 Å². The molecule has 0 bridgehead atoms. The van der Waals surface area contributed by atoms with E-state index in [2.05, 4.69) is 33.1 Å². The minimum atomic E-state index is -0.372. The molecule has 0 amide bonds. The molecule has 4 aromatic carbocycles. The van der Waals surface area contributed by atoms with Crippen LogP contribution < -0.4 is 9.47 Å². The summed E-state index contributed by atoms with van der Waals surface area (Å²) in [5.41, 5.74) is 4.18. The third-order valence-electron chi connectivity index (χ3n) is 6.05. The zero-order valence-corrected chi connectivity index (χ0v) is 20.4. The van der Waals surface area contributed by atoms with E-state index in [1.54, 1.807) is 0 Å². The first-order chi connectivity index (χ1) is 16.6. The number of hydrogen-bond donors (Lipinski definition) is 0. The predicted molar refractivity (Wildman–Crippen MR) is 138 cm³/mol. The number of nitrogens with zero attached hydrogens (tertiary/aromatic N) is 2. The summed E-state index contributed by atoms with van der Waals surface area (Å²) in [7, 11) is 0. The van der Waals surface area contributed by atoms with Crippen LogP contribution >= 0.6 is 27.5 Å². The zero-order chi connectivity index (χ0) is 23.1. The van der Waals surface area contributed by atoms with Crippen LogP contribution in [0.2, 0.25) is 5.02 Å². The molecule has 0 saturated carbocycles. The van der Waals surface area contributed by atoms with Gasteiger partial charge < -0.3 is 9.47 Å². The van der Waals surface area contributed by atoms with E-state index >= 15 is 0 Å². The summed E-state index contributed by atoms with van der Waals surface area (Å²) in [5.74, 6) is 2.42. The Morgan fingerprint density at radius 3 is 2.50 bits per heavy atom. The fraction of sp³-hybridized carbons (Fsp3) is 0.107. The second-order valence-corrected chi connectivity index (χ2v) is 9.65. The molecular weight excluding hydrogens is 512 g/mol. The van der Waals surface area contributed by atoms with Crippen LogP contribution in [-0.4, -0.2) is 10.7 Å². The average molecular weight is 532 g/mol. The highest BCUT2D eigenvalue weighted by atomic mass is 79.9. The van der Waals surface area contributed by atoms with Crippen LogP contribution in [0.4, 0.5) is 0 Å². The van der Waals surface area contributed by atoms with Gasteiger partial charge in [-0.25, -0.2) is 5.01 Å². The lowest BCUT2D eigenvalue weighted by Crippen LogP contribution is -2.33. The van der Waals surface area contributed by atoms with Gasteiger partial charge in [0.05, 0.1) is 11.8 Å². The molecule has 0 spiro atoms. The lowest BCUT2D eigenvalue weighted by Gasteiger charge is -2.38. The van der Waals surface area contributed by atoms with Crippen LogP contribution in [-0.2, 0) is 0 Å². The molecule has 0 N–H and O–H groups in total. The molecule has 6 heteroatoms. The van der Waals surface area contributed by atoms with E-state index in [1.807, 2.05) is 84.9 Å². The summed E-state index contributed by atoms with van der Waals surface area (Å²) >= 11 is 9.73. The van der Waals surface area contributed by atoms with Gasteiger partial charge >= 0.3 is 0 Å². The van der Waals surface area contributed by atoms with Crippen molar-refractivity contribution in [1.82, 2.24) is 5.01 Å². The highest BCUT2D eigenvalue weighted by Crippen LogP contribution is 2.48. The molecular formula is C28H20BrClN2O2. The second kappa shape index (κ2) is 8.82. The quantitative estimate of drug-likeness (QED) is 0.266. The normalized spacial score (nSPS) is 18.5. The van der Waals surface area contributed by atoms with Crippen LogP contribution in [0.5, 0.6) is 17.2 Å². The summed E-state index contributed by atoms with van der Waals surface area (Å²) < 4.78 is 13.6. The molecule has 2 heterocycles. The average Bonchev–Trinajstić information content (AvgIpc) is 3.31. The number of ether oxygens (including phenoxy) is 2. The minimum absolute atomic E-state index is 0.0654. The molecule has 2 aliphatic rings. The Morgan fingerprint density at radius 2 is 1.68 bits per heavy atom. The molecule has 6 rings (SSSR count). The molecule has 0 aliphatic carbocycles. The molecule has 168 valence electrons. The van der Waals surface area contributed by atoms with Crippen molar-refractivity contribution in [3.05, 3.63) is 123 Å². The van der Waals surface area contributed by atoms with Crippen molar-refractivity contribution in [3.8, 4) is 17.2 Å². The van der Waals surface area contributed by atoms with Crippen molar-refractivity contribution in [2.75, 3.05) is 0 Å². The van der Waals surface area contributed by atoms with Gasteiger partial charge in [0.15, 0.2) is 0 Å². The van der Waals surface area contributed by atoms with Gasteiger partial charge in [0.25, 0.3) is 0 Å². The summed E-state index contributed by atoms with van der Waals surface area (Å²) in [6, 6.07) is 31.9. The van der Waals surface area contributed by atoms with Gasteiger partial charge in [0, 0.05) is 27.0 Å². The molecule has 0 radical (unpaired) electrons. The standard InChI is InChI=1S/C28H20BrClN2O2/c29-20-11-14-27-24(16-20)26-17-25(18-9-12-21(30)13-10-18)31-32(26)28(34-27)19-5-4-8-23(15-19)33-22-6-2-1-3-7-22/h1-16,26,28H,17H2/t26-,28-/m0/s1. The molecule has 4 nitrogen and oxygen atoms in total. The summed E-state index contributed by atoms with van der Waals surface area (Å²) in [6.07, 6.45) is 0.410. The fourth-order valence-electron chi connectivity index (χ4n) is 4.45. The number of hydrazone groups is 1. The second-order valence-electron chi connectivity index (χ2n) is 8.29. The highest BCUT2D eigenvalue weighted by molar-refractivity contribution is 9.10. The Hall–Kier alpha value is -3.28. The van der Waals surface area contributed by atoms with E-state index in [-0.39, 0.29) is 12.3 Å². The maximum absolute atomic E-state index is 6.52. The topological polar surface area (TPSA) is 34.1 Å². The number of rotatable bonds is 4. The van der Waals surface area contributed by atoms with E-state index < -0.39 is 0 Å². The van der Waals surface area contributed by atoms with Crippen LogP contribution in [0.1, 0.15) is 35.4 Å². The van der Waals surface area contributed by atoms with Crippen LogP contribution in [0.3, 0.4) is 0 Å². The van der Waals surface area contributed by atoms with E-state index in [0.717, 1.165) is 50.5 Å². The first-order valence-corrected chi connectivity index (χ1v) is 12.2. The lowest BCUT2D eigenvalue weighted by molar-refractivity contribution is -0.0191. The Kier molecular flexibility index (Phi) is 5.52. The molecule has 0 saturated heterocycles. The SMILES string of the molecule is Clc1ccc(C2=NN3[C@@H](C2)c2cc(Br)ccc2O[C@H]3c2cccc(Oc3ccccc3)c2)cc1. The maximum Gasteiger partial charge on any atom is 0.214 e. The van der Waals surface area contributed by atoms with Gasteiger partial charge in [0.1, 0.15) is 17.2 Å². The molecule has 2 aliphatic heterocycles. The molecule has 34 heavy (non-hydrogen) atoms. The fourth-order valence-corrected chi connectivity index (χ4v) is 4.96. The third-order valence-corrected chi connectivity index (χ3v) is 6.80. The number of halogens is 2. The third kappa shape index (κ3) is 4.06. The monoisotopic (exact) mass is 530 g/mol. The van der Waals surface area contributed by atoms with Crippen molar-refractivity contribution < 1.29 is 9.47 Å². The van der Waals surface area contributed by atoms with E-state index in [1.165, 1.54) is 0 Å². The molecule has 0 fully saturated rings. The van der Waals surface area contributed by atoms with Crippen molar-refractivity contribution >= 4 is 33.2 Å². The maximum atomic E-state index is 6.52. The van der Waals surface area contributed by atoms with Crippen molar-refractivity contribution in [1.29, 1.82) is 0 Å². The first-order valence-electron chi connectivity index (χ1n) is 11.0. The van der Waals surface area contributed by atoms with Gasteiger partial charge in [-0.15, -0.1) is 0 Å². The Balaban J connectivity index is 1.39. The van der Waals surface area contributed by atoms with Gasteiger partial charge in [-0.2, -0.15) is 5.10 Å². The lowest BCUT2D eigenvalue weighted by atomic mass is 9.96. The van der Waals surface area contributed by atoms with Gasteiger partial charge in [-0.3, -0.25) is 0 Å². The summed E-state index contributed by atoms with van der Waals surface area (Å²) in [6.45, 7) is 0. The van der Waals surface area contributed by atoms with Crippen molar-refractivity contribution in [2.24, 2.45) is 5.10 Å². The predicted octanol–water partition coefficient (Wildman–Crippen LogP) is 8.14. The van der Waals surface area contributed by atoms with E-state index in [0.29, 0.717) is 5.02 Å². The van der Waals surface area contributed by atoms with Crippen LogP contribution in [0.15, 0.2) is 107 Å². The Morgan fingerprint density at radius 1 is 0.882 bits per heavy atom. The smallest absolute Gasteiger partial charge is 0.214 e. The van der Waals surface area contributed by atoms with E-state index in [9.17, 15) is 0 Å². The number of hydrogen-bond acceptors (Lipinski definition) is 4. The van der Waals surface area contributed by atoms with Gasteiger partial charge in [0.2, 0.25) is 6.23 Å². The first kappa shape index (κ1) is 21.3. The molecule has 4 aromatic rings. The largest absolute Gasteiger partial charge is 0.464 e. The zero-order valence-electron chi connectivity index (χ0n) is 18.1. The molecule has 0 aromatic heterocycles. The Labute approximate surface area is 211 Å². The summed E-state index contributed by atoms with van der Waals surface area (Å²) in [4.78, 5) is 0. The molecule has 2 atom stereocenters. The Bertz CT molecular complexity index is 1380. The van der Waals surface area contributed by atoms with Gasteiger partial charge in [-0.1, -0.05) is 70.0 Å². The van der Waals surface area contributed by atoms with Crippen LogP contribution in [0, 0.1) is 0 Å². The molecule has 0 unspecified atom stereocenters. The van der Waals surface area contributed by atoms with Gasteiger partial charge in [-0.05, 0) is 60.2 Å². The number of para-hydroxylation sites is 1. The van der Waals surface area contributed by atoms with Crippen LogP contribution in [0.25, 0.3) is 0 Å². The highest BCUT2D eigenvalue weighted by Gasteiger charge is 2.41. The number of benzene rings is 4. The number of fused-ring (bicyclic) bond motifs is 3. The van der Waals surface area contributed by atoms with E-state index in [4.69, 9.17) is 26.2 Å². The minimum Gasteiger partial charge on any atom is -0.464 e. The summed E-state index contributed by atoms with van der Waals surface area (Å²) in [5, 5.41) is 7.82.